The third kappa shape index (κ3) is 3.71. The summed E-state index contributed by atoms with van der Waals surface area (Å²) in [6, 6.07) is 12.1. The summed E-state index contributed by atoms with van der Waals surface area (Å²) in [4.78, 5) is 25.2. The van der Waals surface area contributed by atoms with Crippen LogP contribution in [0, 0.1) is 23.2 Å². The fourth-order valence-electron chi connectivity index (χ4n) is 7.50. The van der Waals surface area contributed by atoms with Crippen LogP contribution in [0.1, 0.15) is 51.0 Å². The number of fused-ring (bicyclic) bond motifs is 3. The predicted octanol–water partition coefficient (Wildman–Crippen LogP) is 5.39. The Hall–Kier alpha value is -2.82. The van der Waals surface area contributed by atoms with Crippen molar-refractivity contribution >= 4 is 33.6 Å². The van der Waals surface area contributed by atoms with Gasteiger partial charge in [-0.2, -0.15) is 0 Å². The van der Waals surface area contributed by atoms with E-state index in [2.05, 4.69) is 12.2 Å². The van der Waals surface area contributed by atoms with E-state index in [1.165, 1.54) is 38.5 Å². The van der Waals surface area contributed by atoms with Crippen molar-refractivity contribution in [3.05, 3.63) is 48.2 Å². The van der Waals surface area contributed by atoms with Crippen LogP contribution in [0.3, 0.4) is 0 Å². The maximum atomic E-state index is 12.6. The highest BCUT2D eigenvalue weighted by molar-refractivity contribution is 6.08. The minimum atomic E-state index is -0.414. The molecule has 4 saturated carbocycles. The van der Waals surface area contributed by atoms with E-state index < -0.39 is 5.97 Å². The number of rotatable bonds is 6. The predicted molar refractivity (Wildman–Crippen MR) is 127 cm³/mol. The molecule has 5 nitrogen and oxygen atoms in total. The summed E-state index contributed by atoms with van der Waals surface area (Å²) in [5, 5.41) is 6.25. The Morgan fingerprint density at radius 2 is 1.76 bits per heavy atom. The first-order chi connectivity index (χ1) is 16.0. The zero-order chi connectivity index (χ0) is 22.6. The third-order valence-electron chi connectivity index (χ3n) is 8.62. The van der Waals surface area contributed by atoms with Gasteiger partial charge in [0.25, 0.3) is 5.91 Å². The second-order valence-corrected chi connectivity index (χ2v) is 10.8. The molecule has 4 fully saturated rings. The molecule has 1 aromatic heterocycles. The first-order valence-corrected chi connectivity index (χ1v) is 12.3. The summed E-state index contributed by atoms with van der Waals surface area (Å²) in [6.45, 7) is 1.92. The summed E-state index contributed by atoms with van der Waals surface area (Å²) in [6.07, 6.45) is 9.57. The SMILES string of the molecule is CC(NC(=O)COC(=O)Cc1coc2ccc3ccccc3c12)C12CC3CC(CC(C3)C1)C2. The average Bonchev–Trinajstić information content (AvgIpc) is 3.20. The standard InChI is InChI=1S/C28H31NO4/c1-17(28-12-18-8-19(13-28)10-20(9-18)14-28)29-25(30)16-33-26(31)11-22-15-32-24-7-6-21-4-2-3-5-23(21)27(22)24/h2-7,15,17-20H,8-14,16H2,1H3,(H,29,30). The van der Waals surface area contributed by atoms with Crippen molar-refractivity contribution in [1.82, 2.24) is 5.32 Å². The van der Waals surface area contributed by atoms with E-state index in [1.54, 1.807) is 6.26 Å². The number of nitrogens with one attached hydrogen (secondary N) is 1. The monoisotopic (exact) mass is 445 g/mol. The Morgan fingerprint density at radius 3 is 2.48 bits per heavy atom. The summed E-state index contributed by atoms with van der Waals surface area (Å²) < 4.78 is 11.0. The molecule has 33 heavy (non-hydrogen) atoms. The number of carbonyl (C=O) groups excluding carboxylic acids is 2. The second-order valence-electron chi connectivity index (χ2n) is 10.8. The molecule has 172 valence electrons. The van der Waals surface area contributed by atoms with Gasteiger partial charge in [0.15, 0.2) is 6.61 Å². The van der Waals surface area contributed by atoms with Crippen molar-refractivity contribution in [2.24, 2.45) is 23.2 Å². The molecule has 4 bridgehead atoms. The van der Waals surface area contributed by atoms with Gasteiger partial charge < -0.3 is 14.5 Å². The van der Waals surface area contributed by atoms with E-state index in [1.807, 2.05) is 36.4 Å². The molecular formula is C28H31NO4. The summed E-state index contributed by atoms with van der Waals surface area (Å²) in [5.74, 6) is 1.91. The Balaban J connectivity index is 1.08. The number of hydrogen-bond donors (Lipinski definition) is 1. The number of amides is 1. The van der Waals surface area contributed by atoms with E-state index in [-0.39, 0.29) is 30.4 Å². The lowest BCUT2D eigenvalue weighted by atomic mass is 9.48. The Kier molecular flexibility index (Phi) is 4.97. The Morgan fingerprint density at radius 1 is 1.06 bits per heavy atom. The summed E-state index contributed by atoms with van der Waals surface area (Å²) in [7, 11) is 0. The maximum absolute atomic E-state index is 12.6. The van der Waals surface area contributed by atoms with E-state index in [0.717, 1.165) is 45.1 Å². The third-order valence-corrected chi connectivity index (χ3v) is 8.62. The largest absolute Gasteiger partial charge is 0.464 e. The molecule has 3 aromatic rings. The van der Waals surface area contributed by atoms with Crippen LogP contribution in [0.25, 0.3) is 21.7 Å². The zero-order valence-corrected chi connectivity index (χ0v) is 19.1. The molecule has 0 saturated heterocycles. The molecule has 5 heteroatoms. The molecule has 1 heterocycles. The zero-order valence-electron chi connectivity index (χ0n) is 19.1. The van der Waals surface area contributed by atoms with Gasteiger partial charge in [-0.25, -0.2) is 0 Å². The first kappa shape index (κ1) is 20.8. The highest BCUT2D eigenvalue weighted by atomic mass is 16.5. The normalized spacial score (nSPS) is 28.8. The molecular weight excluding hydrogens is 414 g/mol. The Labute approximate surface area is 193 Å². The quantitative estimate of drug-likeness (QED) is 0.516. The van der Waals surface area contributed by atoms with Crippen molar-refractivity contribution in [2.75, 3.05) is 6.61 Å². The number of furan rings is 1. The van der Waals surface area contributed by atoms with Gasteiger partial charge in [-0.1, -0.05) is 30.3 Å². The van der Waals surface area contributed by atoms with Crippen molar-refractivity contribution in [3.63, 3.8) is 0 Å². The van der Waals surface area contributed by atoms with Crippen LogP contribution >= 0.6 is 0 Å². The number of benzene rings is 2. The van der Waals surface area contributed by atoms with Crippen molar-refractivity contribution in [2.45, 2.75) is 57.9 Å². The average molecular weight is 446 g/mol. The maximum Gasteiger partial charge on any atom is 0.310 e. The van der Waals surface area contributed by atoms with E-state index in [4.69, 9.17) is 9.15 Å². The van der Waals surface area contributed by atoms with Crippen LogP contribution in [0.2, 0.25) is 0 Å². The van der Waals surface area contributed by atoms with Gasteiger partial charge in [0, 0.05) is 17.0 Å². The fraction of sp³-hybridized carbons (Fsp3) is 0.500. The van der Waals surface area contributed by atoms with Gasteiger partial charge in [0.2, 0.25) is 0 Å². The smallest absolute Gasteiger partial charge is 0.310 e. The molecule has 0 radical (unpaired) electrons. The van der Waals surface area contributed by atoms with Gasteiger partial charge in [0.05, 0.1) is 12.7 Å². The first-order valence-electron chi connectivity index (χ1n) is 12.3. The van der Waals surface area contributed by atoms with Gasteiger partial charge in [-0.3, -0.25) is 9.59 Å². The Bertz CT molecular complexity index is 1190. The lowest BCUT2D eigenvalue weighted by molar-refractivity contribution is -0.148. The van der Waals surface area contributed by atoms with Gasteiger partial charge in [-0.05, 0) is 85.5 Å². The van der Waals surface area contributed by atoms with Crippen LogP contribution in [0.15, 0.2) is 47.1 Å². The van der Waals surface area contributed by atoms with Crippen LogP contribution in [-0.2, 0) is 20.7 Å². The van der Waals surface area contributed by atoms with Gasteiger partial charge in [0.1, 0.15) is 5.58 Å². The second kappa shape index (κ2) is 7.89. The van der Waals surface area contributed by atoms with Crippen molar-refractivity contribution < 1.29 is 18.7 Å². The van der Waals surface area contributed by atoms with E-state index in [0.29, 0.717) is 0 Å². The van der Waals surface area contributed by atoms with Crippen molar-refractivity contribution in [1.29, 1.82) is 0 Å². The topological polar surface area (TPSA) is 68.5 Å². The molecule has 0 spiro atoms. The minimum Gasteiger partial charge on any atom is -0.464 e. The summed E-state index contributed by atoms with van der Waals surface area (Å²) in [5.41, 5.74) is 1.78. The molecule has 1 amide bonds. The highest BCUT2D eigenvalue weighted by Gasteiger charge is 2.53. The molecule has 1 N–H and O–H groups in total. The molecule has 1 atom stereocenters. The van der Waals surface area contributed by atoms with E-state index in [9.17, 15) is 9.59 Å². The summed E-state index contributed by atoms with van der Waals surface area (Å²) >= 11 is 0. The lowest BCUT2D eigenvalue weighted by Gasteiger charge is -2.59. The van der Waals surface area contributed by atoms with Crippen LogP contribution < -0.4 is 5.32 Å². The van der Waals surface area contributed by atoms with Crippen molar-refractivity contribution in [3.8, 4) is 0 Å². The molecule has 4 aliphatic rings. The van der Waals surface area contributed by atoms with Crippen LogP contribution in [0.5, 0.6) is 0 Å². The molecule has 4 aliphatic carbocycles. The number of ether oxygens (including phenoxy) is 1. The minimum absolute atomic E-state index is 0.0822. The lowest BCUT2D eigenvalue weighted by Crippen LogP contribution is -2.56. The fourth-order valence-corrected chi connectivity index (χ4v) is 7.50. The molecule has 0 aliphatic heterocycles. The van der Waals surface area contributed by atoms with Crippen LogP contribution in [0.4, 0.5) is 0 Å². The number of hydrogen-bond acceptors (Lipinski definition) is 4. The molecule has 1 unspecified atom stereocenters. The molecule has 2 aromatic carbocycles. The highest BCUT2D eigenvalue weighted by Crippen LogP contribution is 2.61. The number of carbonyl (C=O) groups is 2. The van der Waals surface area contributed by atoms with Gasteiger partial charge >= 0.3 is 5.97 Å². The number of esters is 1. The molecule has 7 rings (SSSR count). The van der Waals surface area contributed by atoms with Gasteiger partial charge in [-0.15, -0.1) is 0 Å². The van der Waals surface area contributed by atoms with E-state index >= 15 is 0 Å². The van der Waals surface area contributed by atoms with Crippen LogP contribution in [-0.4, -0.2) is 24.5 Å².